The Morgan fingerprint density at radius 1 is 1.57 bits per heavy atom. The van der Waals surface area contributed by atoms with E-state index in [1.165, 1.54) is 6.33 Å². The first-order valence-corrected chi connectivity index (χ1v) is 7.11. The van der Waals surface area contributed by atoms with Gasteiger partial charge in [-0.3, -0.25) is 4.79 Å². The zero-order valence-electron chi connectivity index (χ0n) is 12.5. The van der Waals surface area contributed by atoms with Crippen molar-refractivity contribution < 1.29 is 9.53 Å². The van der Waals surface area contributed by atoms with Crippen LogP contribution >= 0.6 is 0 Å². The highest BCUT2D eigenvalue weighted by atomic mass is 16.5. The lowest BCUT2D eigenvalue weighted by Gasteiger charge is -2.14. The van der Waals surface area contributed by atoms with Crippen molar-refractivity contribution in [2.24, 2.45) is 16.6 Å². The number of fused-ring (bicyclic) bond motifs is 1. The third kappa shape index (κ3) is 2.41. The van der Waals surface area contributed by atoms with E-state index >= 15 is 0 Å². The predicted octanol–water partition coefficient (Wildman–Crippen LogP) is -0.0469. The Balaban J connectivity index is 2.12. The first kappa shape index (κ1) is 15.3. The van der Waals surface area contributed by atoms with Crippen molar-refractivity contribution in [3.05, 3.63) is 23.0 Å². The number of amides is 1. The minimum Gasteiger partial charge on any atom is -0.372 e. The van der Waals surface area contributed by atoms with Gasteiger partial charge in [0, 0.05) is 26.2 Å². The number of rotatable bonds is 5. The average molecular weight is 319 g/mol. The van der Waals surface area contributed by atoms with Gasteiger partial charge in [-0.1, -0.05) is 5.18 Å². The van der Waals surface area contributed by atoms with Crippen molar-refractivity contribution in [1.29, 1.82) is 0 Å². The van der Waals surface area contributed by atoms with Gasteiger partial charge in [0.2, 0.25) is 0 Å². The van der Waals surface area contributed by atoms with Crippen molar-refractivity contribution in [2.45, 2.75) is 24.8 Å². The van der Waals surface area contributed by atoms with Gasteiger partial charge in [0.15, 0.2) is 0 Å². The number of primary amides is 1. The number of nitroso groups, excluding NO2 is 1. The van der Waals surface area contributed by atoms with Gasteiger partial charge >= 0.3 is 0 Å². The largest absolute Gasteiger partial charge is 0.372 e. The van der Waals surface area contributed by atoms with Crippen molar-refractivity contribution in [3.63, 3.8) is 0 Å². The van der Waals surface area contributed by atoms with Crippen LogP contribution < -0.4 is 16.8 Å². The van der Waals surface area contributed by atoms with Crippen LogP contribution in [0.3, 0.4) is 0 Å². The highest BCUT2D eigenvalue weighted by Crippen LogP contribution is 2.35. The van der Waals surface area contributed by atoms with E-state index in [0.717, 1.165) is 0 Å². The molecule has 2 aromatic rings. The van der Waals surface area contributed by atoms with Gasteiger partial charge in [-0.25, -0.2) is 9.97 Å². The van der Waals surface area contributed by atoms with E-state index in [4.69, 9.17) is 16.2 Å². The smallest absolute Gasteiger partial charge is 0.251 e. The van der Waals surface area contributed by atoms with Crippen LogP contribution in [0.2, 0.25) is 0 Å². The normalized spacial score (nSPS) is 24.0. The lowest BCUT2D eigenvalue weighted by atomic mass is 10.1. The van der Waals surface area contributed by atoms with Crippen LogP contribution in [0.4, 0.5) is 5.82 Å². The number of carbonyl (C=O) groups is 1. The molecule has 0 spiro atoms. The Morgan fingerprint density at radius 2 is 2.35 bits per heavy atom. The first-order valence-electron chi connectivity index (χ1n) is 7.11. The Kier molecular flexibility index (Phi) is 3.92. The van der Waals surface area contributed by atoms with Crippen LogP contribution in [0.15, 0.2) is 17.7 Å². The molecule has 122 valence electrons. The molecule has 1 aliphatic rings. The number of nitrogens with one attached hydrogen (secondary N) is 1. The fraction of sp³-hybridized carbons (Fsp3) is 0.462. The molecule has 1 unspecified atom stereocenters. The van der Waals surface area contributed by atoms with Gasteiger partial charge in [-0.15, -0.1) is 0 Å². The molecular weight excluding hydrogens is 302 g/mol. The molecular formula is C13H17N7O3. The number of anilines is 1. The molecule has 1 saturated heterocycles. The fourth-order valence-corrected chi connectivity index (χ4v) is 2.89. The Labute approximate surface area is 131 Å². The maximum absolute atomic E-state index is 11.7. The van der Waals surface area contributed by atoms with Gasteiger partial charge in [0.05, 0.1) is 17.1 Å². The van der Waals surface area contributed by atoms with Crippen molar-refractivity contribution in [2.75, 3.05) is 18.9 Å². The molecule has 23 heavy (non-hydrogen) atoms. The number of ether oxygens (including phenoxy) is 1. The number of nitrogens with zero attached hydrogens (tertiary/aromatic N) is 4. The van der Waals surface area contributed by atoms with E-state index in [0.29, 0.717) is 23.3 Å². The number of aromatic nitrogens is 3. The second-order valence-electron chi connectivity index (χ2n) is 5.26. The Hall–Kier alpha value is -2.59. The second kappa shape index (κ2) is 5.89. The van der Waals surface area contributed by atoms with E-state index in [1.807, 2.05) is 0 Å². The number of nitrogens with two attached hydrogens (primary N) is 2. The lowest BCUT2D eigenvalue weighted by Crippen LogP contribution is -2.28. The van der Waals surface area contributed by atoms with Crippen molar-refractivity contribution in [1.82, 2.24) is 14.5 Å². The SMILES string of the molecule is CNc1ncnc2c1c(C(N)=O)cn2[C@H]1CC(N=O)[C@@H](CN)O1. The van der Waals surface area contributed by atoms with Crippen LogP contribution in [0, 0.1) is 4.91 Å². The van der Waals surface area contributed by atoms with Crippen LogP contribution in [0.25, 0.3) is 11.0 Å². The lowest BCUT2D eigenvalue weighted by molar-refractivity contribution is 0.00692. The molecule has 10 heteroatoms. The number of hydrogen-bond donors (Lipinski definition) is 3. The average Bonchev–Trinajstić information content (AvgIpc) is 3.15. The topological polar surface area (TPSA) is 151 Å². The quantitative estimate of drug-likeness (QED) is 0.654. The summed E-state index contributed by atoms with van der Waals surface area (Å²) in [5, 5.41) is 6.49. The van der Waals surface area contributed by atoms with Gasteiger partial charge < -0.3 is 26.1 Å². The zero-order valence-corrected chi connectivity index (χ0v) is 12.5. The first-order chi connectivity index (χ1) is 11.1. The molecule has 0 aliphatic carbocycles. The highest BCUT2D eigenvalue weighted by molar-refractivity contribution is 6.09. The van der Waals surface area contributed by atoms with Gasteiger partial charge in [-0.2, -0.15) is 4.91 Å². The molecule has 5 N–H and O–H groups in total. The fourth-order valence-electron chi connectivity index (χ4n) is 2.89. The van der Waals surface area contributed by atoms with Crippen molar-refractivity contribution >= 4 is 22.8 Å². The summed E-state index contributed by atoms with van der Waals surface area (Å²) in [6.45, 7) is 0.186. The van der Waals surface area contributed by atoms with Crippen LogP contribution in [0.1, 0.15) is 23.0 Å². The third-order valence-electron chi connectivity index (χ3n) is 3.99. The van der Waals surface area contributed by atoms with E-state index in [2.05, 4.69) is 20.5 Å². The van der Waals surface area contributed by atoms with Gasteiger partial charge in [0.1, 0.15) is 30.1 Å². The molecule has 1 fully saturated rings. The van der Waals surface area contributed by atoms with Gasteiger partial charge in [0.25, 0.3) is 5.91 Å². The molecule has 3 rings (SSSR count). The Bertz CT molecular complexity index is 759. The molecule has 0 saturated carbocycles. The number of carbonyl (C=O) groups excluding carboxylic acids is 1. The molecule has 0 radical (unpaired) electrons. The maximum Gasteiger partial charge on any atom is 0.251 e. The summed E-state index contributed by atoms with van der Waals surface area (Å²) in [7, 11) is 1.69. The maximum atomic E-state index is 11.7. The molecule has 10 nitrogen and oxygen atoms in total. The summed E-state index contributed by atoms with van der Waals surface area (Å²) in [6.07, 6.45) is 2.33. The molecule has 3 heterocycles. The molecule has 3 atom stereocenters. The minimum absolute atomic E-state index is 0.186. The standard InChI is InChI=1S/C13H17N7O3/c1-16-12-10-6(11(15)21)4-20(13(10)18-5-17-12)9-2-7(19-22)8(3-14)23-9/h4-5,7-9H,2-3,14H2,1H3,(H2,15,21)(H,16,17,18)/t7?,8-,9-/m1/s1. The van der Waals surface area contributed by atoms with E-state index in [1.54, 1.807) is 17.8 Å². The summed E-state index contributed by atoms with van der Waals surface area (Å²) in [4.78, 5) is 31.0. The summed E-state index contributed by atoms with van der Waals surface area (Å²) >= 11 is 0. The molecule has 1 amide bonds. The van der Waals surface area contributed by atoms with Gasteiger partial charge in [-0.05, 0) is 0 Å². The number of hydrogen-bond acceptors (Lipinski definition) is 8. The second-order valence-corrected chi connectivity index (χ2v) is 5.26. The summed E-state index contributed by atoms with van der Waals surface area (Å²) in [6, 6.07) is -0.537. The van der Waals surface area contributed by atoms with Crippen molar-refractivity contribution in [3.8, 4) is 0 Å². The molecule has 0 bridgehead atoms. The van der Waals surface area contributed by atoms with E-state index < -0.39 is 24.3 Å². The van der Waals surface area contributed by atoms with Crippen LogP contribution in [0.5, 0.6) is 0 Å². The Morgan fingerprint density at radius 3 is 2.91 bits per heavy atom. The van der Waals surface area contributed by atoms with E-state index in [9.17, 15) is 9.70 Å². The van der Waals surface area contributed by atoms with Crippen LogP contribution in [-0.2, 0) is 4.74 Å². The highest BCUT2D eigenvalue weighted by Gasteiger charge is 2.37. The summed E-state index contributed by atoms with van der Waals surface area (Å²) in [5.74, 6) is -0.112. The van der Waals surface area contributed by atoms with E-state index in [-0.39, 0.29) is 12.1 Å². The zero-order chi connectivity index (χ0) is 16.6. The molecule has 1 aliphatic heterocycles. The monoisotopic (exact) mass is 319 g/mol. The predicted molar refractivity (Wildman–Crippen MR) is 82.8 cm³/mol. The third-order valence-corrected chi connectivity index (χ3v) is 3.99. The molecule has 0 aromatic carbocycles. The summed E-state index contributed by atoms with van der Waals surface area (Å²) in [5.41, 5.74) is 11.8. The minimum atomic E-state index is -0.599. The molecule has 2 aromatic heterocycles. The summed E-state index contributed by atoms with van der Waals surface area (Å²) < 4.78 is 7.46. The van der Waals surface area contributed by atoms with Crippen LogP contribution in [-0.4, -0.2) is 46.2 Å².